The monoisotopic (exact) mass is 257 g/mol. The average molecular weight is 257 g/mol. The molecule has 6 heteroatoms. The second-order valence-electron chi connectivity index (χ2n) is 3.23. The molecule has 3 N–H and O–H groups in total. The molecule has 16 heavy (non-hydrogen) atoms. The lowest BCUT2D eigenvalue weighted by atomic mass is 10.2. The van der Waals surface area contributed by atoms with Gasteiger partial charge in [-0.25, -0.2) is 0 Å². The largest absolute Gasteiger partial charge is 0.364 e. The number of thiophene rings is 1. The van der Waals surface area contributed by atoms with Crippen molar-refractivity contribution in [1.82, 2.24) is 16.2 Å². The molecule has 0 saturated carbocycles. The molecule has 0 aromatic carbocycles. The van der Waals surface area contributed by atoms with Gasteiger partial charge < -0.3 is 5.32 Å². The summed E-state index contributed by atoms with van der Waals surface area (Å²) < 4.78 is 0. The number of nitrogens with one attached hydrogen (secondary N) is 3. The fourth-order valence-electron chi connectivity index (χ4n) is 1.22. The second kappa shape index (κ2) is 5.81. The summed E-state index contributed by atoms with van der Waals surface area (Å²) in [5, 5.41) is 3.09. The fraction of sp³-hybridized carbons (Fsp3) is 0.400. The van der Waals surface area contributed by atoms with Crippen LogP contribution in [0.3, 0.4) is 0 Å². The van der Waals surface area contributed by atoms with E-state index in [0.29, 0.717) is 9.99 Å². The Morgan fingerprint density at radius 2 is 2.19 bits per heavy atom. The Labute approximate surface area is 104 Å². The zero-order valence-corrected chi connectivity index (χ0v) is 11.1. The minimum Gasteiger partial charge on any atom is -0.364 e. The van der Waals surface area contributed by atoms with E-state index in [9.17, 15) is 4.79 Å². The Morgan fingerprint density at radius 3 is 2.69 bits per heavy atom. The lowest BCUT2D eigenvalue weighted by Crippen LogP contribution is -2.45. The maximum atomic E-state index is 11.7. The van der Waals surface area contributed by atoms with Gasteiger partial charge >= 0.3 is 0 Å². The van der Waals surface area contributed by atoms with Gasteiger partial charge in [0.25, 0.3) is 5.91 Å². The van der Waals surface area contributed by atoms with Crippen molar-refractivity contribution in [1.29, 1.82) is 0 Å². The highest BCUT2D eigenvalue weighted by Gasteiger charge is 2.11. The summed E-state index contributed by atoms with van der Waals surface area (Å²) in [6, 6.07) is 1.89. The molecular formula is C10H15N3OS2. The molecule has 0 radical (unpaired) electrons. The minimum atomic E-state index is -0.162. The van der Waals surface area contributed by atoms with Crippen LogP contribution >= 0.6 is 23.6 Å². The highest BCUT2D eigenvalue weighted by atomic mass is 32.1. The number of hydrogen-bond acceptors (Lipinski definition) is 3. The van der Waals surface area contributed by atoms with E-state index < -0.39 is 0 Å². The first kappa shape index (κ1) is 12.9. The van der Waals surface area contributed by atoms with Crippen molar-refractivity contribution in [3.8, 4) is 0 Å². The van der Waals surface area contributed by atoms with Crippen LogP contribution in [0.2, 0.25) is 0 Å². The maximum Gasteiger partial charge on any atom is 0.279 e. The normalized spacial score (nSPS) is 9.69. The first-order chi connectivity index (χ1) is 7.58. The van der Waals surface area contributed by atoms with Crippen molar-refractivity contribution < 1.29 is 4.79 Å². The maximum absolute atomic E-state index is 11.7. The van der Waals surface area contributed by atoms with Gasteiger partial charge in [0.2, 0.25) is 0 Å². The summed E-state index contributed by atoms with van der Waals surface area (Å²) in [6.07, 6.45) is 0.951. The number of carbonyl (C=O) groups is 1. The van der Waals surface area contributed by atoms with E-state index in [1.165, 1.54) is 16.2 Å². The molecule has 1 amide bonds. The van der Waals surface area contributed by atoms with Crippen LogP contribution in [0.1, 0.15) is 27.0 Å². The van der Waals surface area contributed by atoms with Crippen molar-refractivity contribution in [2.45, 2.75) is 20.3 Å². The first-order valence-electron chi connectivity index (χ1n) is 4.95. The number of carbonyl (C=O) groups excluding carboxylic acids is 1. The highest BCUT2D eigenvalue weighted by molar-refractivity contribution is 7.80. The van der Waals surface area contributed by atoms with Gasteiger partial charge in [0.05, 0.1) is 4.88 Å². The third kappa shape index (κ3) is 3.18. The van der Waals surface area contributed by atoms with E-state index in [1.807, 2.05) is 13.0 Å². The minimum absolute atomic E-state index is 0.162. The fourth-order valence-corrected chi connectivity index (χ4v) is 2.28. The zero-order valence-electron chi connectivity index (χ0n) is 9.51. The van der Waals surface area contributed by atoms with Crippen LogP contribution in [0.5, 0.6) is 0 Å². The van der Waals surface area contributed by atoms with Gasteiger partial charge in [0, 0.05) is 11.9 Å². The molecule has 1 rings (SSSR count). The number of hydrazine groups is 1. The van der Waals surface area contributed by atoms with Crippen molar-refractivity contribution in [2.75, 3.05) is 7.05 Å². The van der Waals surface area contributed by atoms with Crippen LogP contribution < -0.4 is 16.2 Å². The van der Waals surface area contributed by atoms with Crippen molar-refractivity contribution in [3.05, 3.63) is 21.4 Å². The van der Waals surface area contributed by atoms with Crippen LogP contribution in [0.4, 0.5) is 0 Å². The first-order valence-corrected chi connectivity index (χ1v) is 6.18. The van der Waals surface area contributed by atoms with Gasteiger partial charge in [-0.3, -0.25) is 15.6 Å². The Balaban J connectivity index is 2.62. The third-order valence-electron chi connectivity index (χ3n) is 2.08. The van der Waals surface area contributed by atoms with E-state index in [0.717, 1.165) is 12.0 Å². The quantitative estimate of drug-likeness (QED) is 0.553. The lowest BCUT2D eigenvalue weighted by molar-refractivity contribution is 0.0948. The molecule has 0 bridgehead atoms. The summed E-state index contributed by atoms with van der Waals surface area (Å²) in [6.45, 7) is 4.09. The number of aryl methyl sites for hydroxylation is 2. The smallest absolute Gasteiger partial charge is 0.279 e. The summed E-state index contributed by atoms with van der Waals surface area (Å²) in [4.78, 5) is 13.6. The zero-order chi connectivity index (χ0) is 12.1. The molecule has 1 aromatic rings. The van der Waals surface area contributed by atoms with Crippen LogP contribution in [0, 0.1) is 6.92 Å². The van der Waals surface area contributed by atoms with Crippen molar-refractivity contribution in [2.24, 2.45) is 0 Å². The van der Waals surface area contributed by atoms with Crippen LogP contribution in [-0.4, -0.2) is 18.1 Å². The topological polar surface area (TPSA) is 53.2 Å². The molecule has 0 atom stereocenters. The number of rotatable bonds is 2. The van der Waals surface area contributed by atoms with E-state index in [-0.39, 0.29) is 5.91 Å². The van der Waals surface area contributed by atoms with Crippen LogP contribution in [0.25, 0.3) is 0 Å². The van der Waals surface area contributed by atoms with Gasteiger partial charge in [-0.05, 0) is 37.2 Å². The standard InChI is InChI=1S/C10H15N3OS2/c1-4-7-6(2)5-8(16-7)9(14)12-13-10(15)11-3/h5H,4H2,1-3H3,(H,12,14)(H2,11,13,15). The average Bonchev–Trinajstić information content (AvgIpc) is 2.66. The van der Waals surface area contributed by atoms with Gasteiger partial charge in [-0.1, -0.05) is 6.92 Å². The predicted octanol–water partition coefficient (Wildman–Crippen LogP) is 1.36. The van der Waals surface area contributed by atoms with Gasteiger partial charge in [0.1, 0.15) is 0 Å². The third-order valence-corrected chi connectivity index (χ3v) is 3.77. The van der Waals surface area contributed by atoms with Crippen LogP contribution in [-0.2, 0) is 6.42 Å². The molecule has 0 aliphatic carbocycles. The summed E-state index contributed by atoms with van der Waals surface area (Å²) in [7, 11) is 1.69. The van der Waals surface area contributed by atoms with Crippen LogP contribution in [0.15, 0.2) is 6.07 Å². The molecule has 0 aliphatic rings. The molecule has 4 nitrogen and oxygen atoms in total. The summed E-state index contributed by atoms with van der Waals surface area (Å²) in [5.41, 5.74) is 6.30. The molecule has 1 heterocycles. The SMILES string of the molecule is CCc1sc(C(=O)NNC(=S)NC)cc1C. The Hall–Kier alpha value is -1.14. The Bertz CT molecular complexity index is 401. The molecule has 0 saturated heterocycles. The Morgan fingerprint density at radius 1 is 1.50 bits per heavy atom. The van der Waals surface area contributed by atoms with Crippen molar-refractivity contribution >= 4 is 34.6 Å². The number of thiocarbonyl (C=S) groups is 1. The molecule has 1 aromatic heterocycles. The summed E-state index contributed by atoms with van der Waals surface area (Å²) in [5.74, 6) is -0.162. The molecule has 0 unspecified atom stereocenters. The van der Waals surface area contributed by atoms with E-state index in [1.54, 1.807) is 7.05 Å². The Kier molecular flexibility index (Phi) is 4.70. The van der Waals surface area contributed by atoms with Gasteiger partial charge in [-0.2, -0.15) is 0 Å². The summed E-state index contributed by atoms with van der Waals surface area (Å²) >= 11 is 6.36. The number of amides is 1. The second-order valence-corrected chi connectivity index (χ2v) is 4.77. The number of hydrogen-bond donors (Lipinski definition) is 3. The van der Waals surface area contributed by atoms with E-state index >= 15 is 0 Å². The molecule has 0 fully saturated rings. The lowest BCUT2D eigenvalue weighted by Gasteiger charge is -2.07. The van der Waals surface area contributed by atoms with Crippen molar-refractivity contribution in [3.63, 3.8) is 0 Å². The molecule has 0 spiro atoms. The predicted molar refractivity (Wildman–Crippen MR) is 70.7 cm³/mol. The highest BCUT2D eigenvalue weighted by Crippen LogP contribution is 2.21. The molecule has 0 aliphatic heterocycles. The van der Waals surface area contributed by atoms with E-state index in [2.05, 4.69) is 23.1 Å². The van der Waals surface area contributed by atoms with Gasteiger partial charge in [-0.15, -0.1) is 11.3 Å². The van der Waals surface area contributed by atoms with E-state index in [4.69, 9.17) is 12.2 Å². The molecular weight excluding hydrogens is 242 g/mol. The molecule has 88 valence electrons. The van der Waals surface area contributed by atoms with Gasteiger partial charge in [0.15, 0.2) is 5.11 Å².